The molecule has 75 valence electrons. The first-order valence-electron chi connectivity index (χ1n) is 4.41. The topological polar surface area (TPSA) is 55.0 Å². The molecule has 0 unspecified atom stereocenters. The van der Waals surface area contributed by atoms with E-state index >= 15 is 0 Å². The third-order valence-electron chi connectivity index (χ3n) is 2.08. The van der Waals surface area contributed by atoms with Crippen molar-refractivity contribution in [2.45, 2.75) is 0 Å². The molecule has 0 bridgehead atoms. The first-order valence-corrected chi connectivity index (χ1v) is 4.41. The van der Waals surface area contributed by atoms with Crippen LogP contribution in [-0.2, 0) is 4.79 Å². The Morgan fingerprint density at radius 1 is 1.33 bits per heavy atom. The number of nitrogens with one attached hydrogen (secondary N) is 1. The van der Waals surface area contributed by atoms with Crippen molar-refractivity contribution in [1.82, 2.24) is 10.2 Å². The molecule has 0 saturated carbocycles. The second-order valence-electron chi connectivity index (χ2n) is 3.00. The third-order valence-corrected chi connectivity index (χ3v) is 2.08. The molecule has 1 aromatic heterocycles. The molecule has 0 fully saturated rings. The van der Waals surface area contributed by atoms with Crippen LogP contribution in [0.4, 0.5) is 0 Å². The summed E-state index contributed by atoms with van der Waals surface area (Å²) in [5, 5.41) is 6.53. The van der Waals surface area contributed by atoms with Gasteiger partial charge in [0.05, 0.1) is 12.8 Å². The molecule has 15 heavy (non-hydrogen) atoms. The van der Waals surface area contributed by atoms with Crippen LogP contribution in [0.2, 0.25) is 0 Å². The van der Waals surface area contributed by atoms with Crippen molar-refractivity contribution in [3.8, 4) is 17.0 Å². The number of aromatic amines is 1. The van der Waals surface area contributed by atoms with Gasteiger partial charge in [0.1, 0.15) is 11.4 Å². The SMILES string of the molecule is COc1ccc(-c2cc([C]=O)n[nH]2)cc1. The van der Waals surface area contributed by atoms with E-state index in [-0.39, 0.29) is 5.69 Å². The van der Waals surface area contributed by atoms with Crippen LogP contribution >= 0.6 is 0 Å². The van der Waals surface area contributed by atoms with Crippen LogP contribution in [0.1, 0.15) is 5.69 Å². The van der Waals surface area contributed by atoms with Crippen molar-refractivity contribution in [2.24, 2.45) is 0 Å². The van der Waals surface area contributed by atoms with Gasteiger partial charge < -0.3 is 4.74 Å². The Kier molecular flexibility index (Phi) is 2.49. The van der Waals surface area contributed by atoms with Crippen molar-refractivity contribution in [3.05, 3.63) is 36.0 Å². The smallest absolute Gasteiger partial charge is 0.255 e. The largest absolute Gasteiger partial charge is 0.497 e. The van der Waals surface area contributed by atoms with E-state index in [4.69, 9.17) is 4.74 Å². The van der Waals surface area contributed by atoms with Crippen LogP contribution in [0, 0.1) is 0 Å². The van der Waals surface area contributed by atoms with Gasteiger partial charge in [0.2, 0.25) is 0 Å². The lowest BCUT2D eigenvalue weighted by Crippen LogP contribution is -1.82. The molecule has 1 radical (unpaired) electrons. The number of methoxy groups -OCH3 is 1. The maximum Gasteiger partial charge on any atom is 0.255 e. The monoisotopic (exact) mass is 201 g/mol. The Morgan fingerprint density at radius 2 is 2.07 bits per heavy atom. The lowest BCUT2D eigenvalue weighted by atomic mass is 10.1. The molecule has 1 N–H and O–H groups in total. The summed E-state index contributed by atoms with van der Waals surface area (Å²) in [6.45, 7) is 0. The fourth-order valence-corrected chi connectivity index (χ4v) is 1.29. The molecule has 0 spiro atoms. The Hall–Kier alpha value is -2.10. The second-order valence-corrected chi connectivity index (χ2v) is 3.00. The zero-order valence-electron chi connectivity index (χ0n) is 8.15. The first-order chi connectivity index (χ1) is 7.33. The van der Waals surface area contributed by atoms with Crippen LogP contribution in [0.3, 0.4) is 0 Å². The summed E-state index contributed by atoms with van der Waals surface area (Å²) in [7, 11) is 1.62. The van der Waals surface area contributed by atoms with Gasteiger partial charge in [-0.3, -0.25) is 9.89 Å². The third kappa shape index (κ3) is 1.88. The van der Waals surface area contributed by atoms with Gasteiger partial charge in [-0.25, -0.2) is 0 Å². The summed E-state index contributed by atoms with van der Waals surface area (Å²) in [6.07, 6.45) is 1.72. The molecule has 0 atom stereocenters. The fourth-order valence-electron chi connectivity index (χ4n) is 1.29. The summed E-state index contributed by atoms with van der Waals surface area (Å²) in [6, 6.07) is 9.12. The number of H-pyrrole nitrogens is 1. The molecule has 2 rings (SSSR count). The van der Waals surface area contributed by atoms with E-state index < -0.39 is 0 Å². The van der Waals surface area contributed by atoms with Crippen molar-refractivity contribution in [3.63, 3.8) is 0 Å². The zero-order valence-corrected chi connectivity index (χ0v) is 8.15. The van der Waals surface area contributed by atoms with Crippen LogP contribution in [0.25, 0.3) is 11.3 Å². The molecule has 0 aliphatic heterocycles. The van der Waals surface area contributed by atoms with Crippen molar-refractivity contribution in [2.75, 3.05) is 7.11 Å². The van der Waals surface area contributed by atoms with Gasteiger partial charge >= 0.3 is 0 Å². The van der Waals surface area contributed by atoms with Gasteiger partial charge in [-0.15, -0.1) is 0 Å². The summed E-state index contributed by atoms with van der Waals surface area (Å²) in [4.78, 5) is 10.3. The molecular formula is C11H9N2O2. The standard InChI is InChI=1S/C11H9N2O2/c1-15-10-4-2-8(3-5-10)11-6-9(7-14)12-13-11/h2-6H,1H3,(H,12,13). The highest BCUT2D eigenvalue weighted by Crippen LogP contribution is 2.20. The van der Waals surface area contributed by atoms with E-state index in [1.807, 2.05) is 24.3 Å². The quantitative estimate of drug-likeness (QED) is 0.819. The Morgan fingerprint density at radius 3 is 2.60 bits per heavy atom. The van der Waals surface area contributed by atoms with Gasteiger partial charge in [-0.05, 0) is 35.9 Å². The van der Waals surface area contributed by atoms with Gasteiger partial charge in [-0.1, -0.05) is 0 Å². The van der Waals surface area contributed by atoms with E-state index in [0.717, 1.165) is 17.0 Å². The number of hydrogen-bond acceptors (Lipinski definition) is 3. The lowest BCUT2D eigenvalue weighted by molar-refractivity contribution is 0.415. The van der Waals surface area contributed by atoms with E-state index in [1.54, 1.807) is 19.5 Å². The van der Waals surface area contributed by atoms with Crippen LogP contribution < -0.4 is 4.74 Å². The number of carbonyl (C=O) groups excluding carboxylic acids is 1. The van der Waals surface area contributed by atoms with Crippen molar-refractivity contribution < 1.29 is 9.53 Å². The average Bonchev–Trinajstić information content (AvgIpc) is 2.78. The van der Waals surface area contributed by atoms with Crippen LogP contribution in [-0.4, -0.2) is 23.6 Å². The maximum absolute atomic E-state index is 10.3. The molecule has 1 heterocycles. The molecular weight excluding hydrogens is 192 g/mol. The Bertz CT molecular complexity index is 460. The lowest BCUT2D eigenvalue weighted by Gasteiger charge is -2.00. The van der Waals surface area contributed by atoms with Crippen molar-refractivity contribution in [1.29, 1.82) is 0 Å². The number of aromatic nitrogens is 2. The van der Waals surface area contributed by atoms with E-state index in [2.05, 4.69) is 10.2 Å². The number of benzene rings is 1. The fraction of sp³-hybridized carbons (Fsp3) is 0.0909. The van der Waals surface area contributed by atoms with Gasteiger partial charge in [-0.2, -0.15) is 5.10 Å². The molecule has 4 nitrogen and oxygen atoms in total. The average molecular weight is 201 g/mol. The number of rotatable bonds is 3. The maximum atomic E-state index is 10.3. The van der Waals surface area contributed by atoms with E-state index in [9.17, 15) is 4.79 Å². The summed E-state index contributed by atoms with van der Waals surface area (Å²) >= 11 is 0. The molecule has 0 aliphatic rings. The van der Waals surface area contributed by atoms with Crippen molar-refractivity contribution >= 4 is 6.29 Å². The number of hydrogen-bond donors (Lipinski definition) is 1. The highest BCUT2D eigenvalue weighted by Gasteiger charge is 2.03. The Balaban J connectivity index is 2.32. The summed E-state index contributed by atoms with van der Waals surface area (Å²) in [5.41, 5.74) is 2.02. The zero-order chi connectivity index (χ0) is 10.7. The minimum atomic E-state index is 0.279. The van der Waals surface area contributed by atoms with E-state index in [1.165, 1.54) is 0 Å². The molecule has 0 saturated heterocycles. The summed E-state index contributed by atoms with van der Waals surface area (Å²) in [5.74, 6) is 0.792. The highest BCUT2D eigenvalue weighted by molar-refractivity contribution is 5.75. The molecule has 1 aromatic carbocycles. The molecule has 0 aliphatic carbocycles. The van der Waals surface area contributed by atoms with Crippen LogP contribution in [0.15, 0.2) is 30.3 Å². The minimum absolute atomic E-state index is 0.279. The number of ether oxygens (including phenoxy) is 1. The normalized spacial score (nSPS) is 9.93. The van der Waals surface area contributed by atoms with E-state index in [0.29, 0.717) is 0 Å². The predicted octanol–water partition coefficient (Wildman–Crippen LogP) is 1.54. The summed E-state index contributed by atoms with van der Waals surface area (Å²) < 4.78 is 5.04. The van der Waals surface area contributed by atoms with Crippen LogP contribution in [0.5, 0.6) is 5.75 Å². The molecule has 0 amide bonds. The predicted molar refractivity (Wildman–Crippen MR) is 55.4 cm³/mol. The molecule has 4 heteroatoms. The Labute approximate surface area is 86.9 Å². The first kappa shape index (κ1) is 9.45. The number of nitrogens with zero attached hydrogens (tertiary/aromatic N) is 1. The minimum Gasteiger partial charge on any atom is -0.497 e. The highest BCUT2D eigenvalue weighted by atomic mass is 16.5. The van der Waals surface area contributed by atoms with Gasteiger partial charge in [0.15, 0.2) is 0 Å². The second kappa shape index (κ2) is 3.96. The van der Waals surface area contributed by atoms with Gasteiger partial charge in [0, 0.05) is 0 Å². The molecule has 2 aromatic rings. The van der Waals surface area contributed by atoms with Gasteiger partial charge in [0.25, 0.3) is 6.29 Å².